The van der Waals surface area contributed by atoms with Crippen molar-refractivity contribution in [2.24, 2.45) is 5.41 Å². The van der Waals surface area contributed by atoms with E-state index in [1.165, 1.54) is 6.42 Å². The second-order valence-corrected chi connectivity index (χ2v) is 5.53. The third-order valence-electron chi connectivity index (χ3n) is 4.08. The van der Waals surface area contributed by atoms with Crippen LogP contribution in [0, 0.1) is 5.41 Å². The Balaban J connectivity index is 1.93. The van der Waals surface area contributed by atoms with Gasteiger partial charge in [-0.05, 0) is 18.4 Å². The predicted octanol–water partition coefficient (Wildman–Crippen LogP) is 2.31. The second-order valence-electron chi connectivity index (χ2n) is 5.53. The fourth-order valence-corrected chi connectivity index (χ4v) is 2.74. The average Bonchev–Trinajstić information content (AvgIpc) is 2.43. The summed E-state index contributed by atoms with van der Waals surface area (Å²) in [5, 5.41) is 3.02. The summed E-state index contributed by atoms with van der Waals surface area (Å²) in [6, 6.07) is 9.56. The molecular formula is C16H23NO3. The molecule has 1 aliphatic rings. The van der Waals surface area contributed by atoms with E-state index < -0.39 is 6.10 Å². The van der Waals surface area contributed by atoms with E-state index >= 15 is 0 Å². The van der Waals surface area contributed by atoms with Gasteiger partial charge < -0.3 is 14.8 Å². The number of hydrogen-bond donors (Lipinski definition) is 1. The third kappa shape index (κ3) is 3.38. The number of rotatable bonds is 7. The van der Waals surface area contributed by atoms with Crippen LogP contribution < -0.4 is 5.32 Å². The van der Waals surface area contributed by atoms with Crippen LogP contribution in [0.3, 0.4) is 0 Å². The van der Waals surface area contributed by atoms with E-state index in [1.54, 1.807) is 14.2 Å². The first-order valence-electron chi connectivity index (χ1n) is 7.05. The maximum absolute atomic E-state index is 12.3. The maximum Gasteiger partial charge on any atom is 0.253 e. The van der Waals surface area contributed by atoms with E-state index in [2.05, 4.69) is 5.32 Å². The van der Waals surface area contributed by atoms with Gasteiger partial charge in [0.25, 0.3) is 5.91 Å². The molecule has 1 amide bonds. The van der Waals surface area contributed by atoms with E-state index in [9.17, 15) is 4.79 Å². The lowest BCUT2D eigenvalue weighted by Gasteiger charge is -2.41. The molecule has 4 nitrogen and oxygen atoms in total. The molecule has 0 radical (unpaired) electrons. The Morgan fingerprint density at radius 3 is 2.50 bits per heavy atom. The van der Waals surface area contributed by atoms with E-state index in [1.807, 2.05) is 30.3 Å². The molecule has 1 aliphatic carbocycles. The molecule has 0 bridgehead atoms. The summed E-state index contributed by atoms with van der Waals surface area (Å²) in [4.78, 5) is 12.3. The zero-order valence-electron chi connectivity index (χ0n) is 12.2. The van der Waals surface area contributed by atoms with Crippen molar-refractivity contribution in [2.45, 2.75) is 25.4 Å². The van der Waals surface area contributed by atoms with Gasteiger partial charge in [0, 0.05) is 26.2 Å². The Bertz CT molecular complexity index is 429. The van der Waals surface area contributed by atoms with Crippen LogP contribution in [0.5, 0.6) is 0 Å². The summed E-state index contributed by atoms with van der Waals surface area (Å²) < 4.78 is 10.6. The fourth-order valence-electron chi connectivity index (χ4n) is 2.74. The number of hydrogen-bond acceptors (Lipinski definition) is 3. The van der Waals surface area contributed by atoms with Gasteiger partial charge in [0.2, 0.25) is 0 Å². The first-order valence-corrected chi connectivity index (χ1v) is 7.05. The molecule has 1 N–H and O–H groups in total. The van der Waals surface area contributed by atoms with E-state index in [4.69, 9.17) is 9.47 Å². The van der Waals surface area contributed by atoms with Crippen molar-refractivity contribution in [3.63, 3.8) is 0 Å². The Kier molecular flexibility index (Phi) is 5.15. The minimum atomic E-state index is -0.545. The topological polar surface area (TPSA) is 47.6 Å². The van der Waals surface area contributed by atoms with Gasteiger partial charge in [-0.3, -0.25) is 4.79 Å². The number of benzene rings is 1. The molecule has 1 aromatic rings. The second kappa shape index (κ2) is 6.86. The molecule has 1 aromatic carbocycles. The van der Waals surface area contributed by atoms with Gasteiger partial charge in [0.05, 0.1) is 6.61 Å². The van der Waals surface area contributed by atoms with Gasteiger partial charge in [-0.15, -0.1) is 0 Å². The van der Waals surface area contributed by atoms with Gasteiger partial charge in [0.1, 0.15) is 0 Å². The Morgan fingerprint density at radius 2 is 2.00 bits per heavy atom. The number of ether oxygens (including phenoxy) is 2. The predicted molar refractivity (Wildman–Crippen MR) is 77.4 cm³/mol. The maximum atomic E-state index is 12.3. The Hall–Kier alpha value is -1.39. The van der Waals surface area contributed by atoms with Crippen LogP contribution in [0.4, 0.5) is 0 Å². The number of methoxy groups -OCH3 is 2. The van der Waals surface area contributed by atoms with Crippen LogP contribution in [0.15, 0.2) is 30.3 Å². The summed E-state index contributed by atoms with van der Waals surface area (Å²) in [6.45, 7) is 1.36. The fraction of sp³-hybridized carbons (Fsp3) is 0.562. The monoisotopic (exact) mass is 277 g/mol. The molecule has 0 spiro atoms. The normalized spacial score (nSPS) is 18.1. The molecule has 0 aliphatic heterocycles. The van der Waals surface area contributed by atoms with Crippen molar-refractivity contribution in [1.29, 1.82) is 0 Å². The van der Waals surface area contributed by atoms with Gasteiger partial charge in [-0.1, -0.05) is 36.8 Å². The van der Waals surface area contributed by atoms with Gasteiger partial charge in [-0.2, -0.15) is 0 Å². The number of carbonyl (C=O) groups is 1. The van der Waals surface area contributed by atoms with Gasteiger partial charge in [0.15, 0.2) is 6.10 Å². The van der Waals surface area contributed by atoms with Crippen molar-refractivity contribution in [2.75, 3.05) is 27.4 Å². The van der Waals surface area contributed by atoms with Crippen LogP contribution in [0.1, 0.15) is 30.9 Å². The average molecular weight is 277 g/mol. The van der Waals surface area contributed by atoms with Crippen molar-refractivity contribution < 1.29 is 14.3 Å². The zero-order valence-corrected chi connectivity index (χ0v) is 12.2. The molecule has 110 valence electrons. The number of nitrogens with one attached hydrogen (secondary N) is 1. The zero-order chi connectivity index (χ0) is 14.4. The van der Waals surface area contributed by atoms with Crippen LogP contribution in [0.2, 0.25) is 0 Å². The molecule has 0 saturated heterocycles. The SMILES string of the molecule is COCC1(CNC(=O)[C@@H](OC)c2ccccc2)CCC1. The van der Waals surface area contributed by atoms with Crippen LogP contribution in [-0.4, -0.2) is 33.3 Å². The molecule has 1 saturated carbocycles. The number of amides is 1. The first kappa shape index (κ1) is 15.0. The standard InChI is InChI=1S/C16H23NO3/c1-19-12-16(9-6-10-16)11-17-15(18)14(20-2)13-7-4-3-5-8-13/h3-5,7-8,14H,6,9-12H2,1-2H3,(H,17,18)/t14-/m0/s1. The molecule has 1 atom stereocenters. The van der Waals surface area contributed by atoms with Crippen LogP contribution in [0.25, 0.3) is 0 Å². The molecule has 2 rings (SSSR count). The molecule has 0 heterocycles. The highest BCUT2D eigenvalue weighted by molar-refractivity contribution is 5.82. The van der Waals surface area contributed by atoms with Crippen LogP contribution in [-0.2, 0) is 14.3 Å². The van der Waals surface area contributed by atoms with Crippen molar-refractivity contribution >= 4 is 5.91 Å². The molecule has 0 aromatic heterocycles. The quantitative estimate of drug-likeness (QED) is 0.832. The summed E-state index contributed by atoms with van der Waals surface area (Å²) in [6.07, 6.45) is 2.90. The smallest absolute Gasteiger partial charge is 0.253 e. The molecule has 4 heteroatoms. The lowest BCUT2D eigenvalue weighted by Crippen LogP contribution is -2.46. The summed E-state index contributed by atoms with van der Waals surface area (Å²) >= 11 is 0. The van der Waals surface area contributed by atoms with Crippen molar-refractivity contribution in [3.05, 3.63) is 35.9 Å². The Labute approximate surface area is 120 Å². The first-order chi connectivity index (χ1) is 9.71. The van der Waals surface area contributed by atoms with Crippen molar-refractivity contribution in [3.8, 4) is 0 Å². The summed E-state index contributed by atoms with van der Waals surface area (Å²) in [5.41, 5.74) is 1.00. The highest BCUT2D eigenvalue weighted by Gasteiger charge is 2.37. The lowest BCUT2D eigenvalue weighted by atomic mass is 9.69. The molecule has 0 unspecified atom stereocenters. The highest BCUT2D eigenvalue weighted by atomic mass is 16.5. The van der Waals surface area contributed by atoms with E-state index in [0.29, 0.717) is 13.2 Å². The molecule has 1 fully saturated rings. The lowest BCUT2D eigenvalue weighted by molar-refractivity contribution is -0.132. The molecular weight excluding hydrogens is 254 g/mol. The van der Waals surface area contributed by atoms with Crippen molar-refractivity contribution in [1.82, 2.24) is 5.32 Å². The third-order valence-corrected chi connectivity index (χ3v) is 4.08. The number of carbonyl (C=O) groups excluding carboxylic acids is 1. The highest BCUT2D eigenvalue weighted by Crippen LogP contribution is 2.40. The van der Waals surface area contributed by atoms with E-state index in [0.717, 1.165) is 18.4 Å². The molecule has 20 heavy (non-hydrogen) atoms. The van der Waals surface area contributed by atoms with Crippen LogP contribution >= 0.6 is 0 Å². The Morgan fingerprint density at radius 1 is 1.30 bits per heavy atom. The largest absolute Gasteiger partial charge is 0.384 e. The van der Waals surface area contributed by atoms with Gasteiger partial charge >= 0.3 is 0 Å². The summed E-state index contributed by atoms with van der Waals surface area (Å²) in [7, 11) is 3.27. The van der Waals surface area contributed by atoms with Gasteiger partial charge in [-0.25, -0.2) is 0 Å². The minimum Gasteiger partial charge on any atom is -0.384 e. The minimum absolute atomic E-state index is 0.0823. The summed E-state index contributed by atoms with van der Waals surface area (Å²) in [5.74, 6) is -0.0823. The van der Waals surface area contributed by atoms with E-state index in [-0.39, 0.29) is 11.3 Å².